The van der Waals surface area contributed by atoms with Gasteiger partial charge in [0.25, 0.3) is 11.8 Å². The van der Waals surface area contributed by atoms with Crippen molar-refractivity contribution in [1.82, 2.24) is 5.32 Å². The fraction of sp³-hybridized carbons (Fsp3) is 0.579. The van der Waals surface area contributed by atoms with Gasteiger partial charge in [0, 0.05) is 24.4 Å². The first-order valence-corrected chi connectivity index (χ1v) is 9.03. The first kappa shape index (κ1) is 17.0. The number of rotatable bonds is 6. The lowest BCUT2D eigenvalue weighted by Gasteiger charge is -2.12. The van der Waals surface area contributed by atoms with Gasteiger partial charge in [0.05, 0.1) is 0 Å². The maximum Gasteiger partial charge on any atom is 0.253 e. The van der Waals surface area contributed by atoms with Crippen molar-refractivity contribution < 1.29 is 14.3 Å². The normalized spacial score (nSPS) is 20.9. The van der Waals surface area contributed by atoms with Crippen molar-refractivity contribution in [3.63, 3.8) is 0 Å². The van der Waals surface area contributed by atoms with E-state index in [4.69, 9.17) is 4.74 Å². The Balaban J connectivity index is 1.49. The highest BCUT2D eigenvalue weighted by molar-refractivity contribution is 5.98. The summed E-state index contributed by atoms with van der Waals surface area (Å²) >= 11 is 0. The molecule has 2 amide bonds. The van der Waals surface area contributed by atoms with E-state index in [1.807, 2.05) is 0 Å². The molecule has 2 aliphatic rings. The summed E-state index contributed by atoms with van der Waals surface area (Å²) in [7, 11) is 0. The molecule has 1 heterocycles. The fourth-order valence-corrected chi connectivity index (χ4v) is 3.54. The highest BCUT2D eigenvalue weighted by atomic mass is 16.5. The molecule has 1 saturated heterocycles. The molecule has 130 valence electrons. The second kappa shape index (κ2) is 8.29. The van der Waals surface area contributed by atoms with Crippen molar-refractivity contribution in [1.29, 1.82) is 0 Å². The molecule has 0 bridgehead atoms. The van der Waals surface area contributed by atoms with Gasteiger partial charge in [-0.1, -0.05) is 31.7 Å². The van der Waals surface area contributed by atoms with E-state index < -0.39 is 0 Å². The zero-order chi connectivity index (χ0) is 16.8. The molecule has 1 unspecified atom stereocenters. The molecular weight excluding hydrogens is 304 g/mol. The van der Waals surface area contributed by atoms with Crippen LogP contribution in [-0.2, 0) is 9.53 Å². The summed E-state index contributed by atoms with van der Waals surface area (Å²) in [5, 5.41) is 5.82. The van der Waals surface area contributed by atoms with Gasteiger partial charge in [-0.2, -0.15) is 0 Å². The van der Waals surface area contributed by atoms with E-state index in [2.05, 4.69) is 10.6 Å². The molecule has 1 aliphatic carbocycles. The van der Waals surface area contributed by atoms with E-state index in [0.717, 1.165) is 31.7 Å². The smallest absolute Gasteiger partial charge is 0.253 e. The molecule has 5 heteroatoms. The quantitative estimate of drug-likeness (QED) is 0.842. The molecule has 1 aromatic carbocycles. The molecule has 3 rings (SSSR count). The Labute approximate surface area is 143 Å². The largest absolute Gasteiger partial charge is 0.368 e. The maximum absolute atomic E-state index is 12.3. The molecule has 1 atom stereocenters. The molecule has 5 nitrogen and oxygen atoms in total. The standard InChI is InChI=1S/C19H26N2O3/c22-18(20-11-10-14-5-1-2-6-14)15-7-3-8-16(13-15)21-19(23)17-9-4-12-24-17/h3,7-8,13-14,17H,1-2,4-6,9-12H2,(H,20,22)(H,21,23). The Morgan fingerprint density at radius 2 is 1.96 bits per heavy atom. The van der Waals surface area contributed by atoms with Gasteiger partial charge in [-0.05, 0) is 43.4 Å². The van der Waals surface area contributed by atoms with Crippen LogP contribution >= 0.6 is 0 Å². The predicted molar refractivity (Wildman–Crippen MR) is 93.0 cm³/mol. The summed E-state index contributed by atoms with van der Waals surface area (Å²) in [6.07, 6.45) is 7.60. The Kier molecular flexibility index (Phi) is 5.86. The number of nitrogens with one attached hydrogen (secondary N) is 2. The first-order valence-electron chi connectivity index (χ1n) is 9.03. The number of benzene rings is 1. The fourth-order valence-electron chi connectivity index (χ4n) is 3.54. The molecule has 24 heavy (non-hydrogen) atoms. The summed E-state index contributed by atoms with van der Waals surface area (Å²) in [5.74, 6) is 0.551. The number of carbonyl (C=O) groups excluding carboxylic acids is 2. The van der Waals surface area contributed by atoms with E-state index in [9.17, 15) is 9.59 Å². The second-order valence-electron chi connectivity index (χ2n) is 6.77. The van der Waals surface area contributed by atoms with Crippen LogP contribution in [-0.4, -0.2) is 31.1 Å². The molecule has 2 N–H and O–H groups in total. The van der Waals surface area contributed by atoms with Crippen molar-refractivity contribution in [2.24, 2.45) is 5.92 Å². The van der Waals surface area contributed by atoms with E-state index in [1.54, 1.807) is 24.3 Å². The van der Waals surface area contributed by atoms with E-state index in [1.165, 1.54) is 25.7 Å². The van der Waals surface area contributed by atoms with Crippen LogP contribution in [0.1, 0.15) is 55.3 Å². The number of ether oxygens (including phenoxy) is 1. The Morgan fingerprint density at radius 1 is 1.12 bits per heavy atom. The van der Waals surface area contributed by atoms with Gasteiger partial charge >= 0.3 is 0 Å². The topological polar surface area (TPSA) is 67.4 Å². The minimum absolute atomic E-state index is 0.0822. The summed E-state index contributed by atoms with van der Waals surface area (Å²) in [4.78, 5) is 24.3. The van der Waals surface area contributed by atoms with Crippen molar-refractivity contribution >= 4 is 17.5 Å². The van der Waals surface area contributed by atoms with E-state index in [0.29, 0.717) is 17.9 Å². The highest BCUT2D eigenvalue weighted by Gasteiger charge is 2.23. The SMILES string of the molecule is O=C(NCCC1CCCC1)c1cccc(NC(=O)C2CCCO2)c1. The maximum atomic E-state index is 12.3. The predicted octanol–water partition coefficient (Wildman–Crippen LogP) is 3.11. The molecule has 1 aliphatic heterocycles. The van der Waals surface area contributed by atoms with Gasteiger partial charge in [0.15, 0.2) is 0 Å². The van der Waals surface area contributed by atoms with Crippen LogP contribution < -0.4 is 10.6 Å². The molecule has 1 aromatic rings. The Hall–Kier alpha value is -1.88. The number of carbonyl (C=O) groups is 2. The molecule has 2 fully saturated rings. The third-order valence-electron chi connectivity index (χ3n) is 4.93. The zero-order valence-electron chi connectivity index (χ0n) is 14.1. The summed E-state index contributed by atoms with van der Waals surface area (Å²) in [6, 6.07) is 7.07. The minimum atomic E-state index is -0.367. The number of hydrogen-bond acceptors (Lipinski definition) is 3. The van der Waals surface area contributed by atoms with Crippen molar-refractivity contribution in [2.75, 3.05) is 18.5 Å². The van der Waals surface area contributed by atoms with Crippen molar-refractivity contribution in [2.45, 2.75) is 51.0 Å². The van der Waals surface area contributed by atoms with Crippen LogP contribution in [0.15, 0.2) is 24.3 Å². The van der Waals surface area contributed by atoms with Gasteiger partial charge < -0.3 is 15.4 Å². The average Bonchev–Trinajstić information content (AvgIpc) is 3.29. The van der Waals surface area contributed by atoms with Crippen LogP contribution in [0.25, 0.3) is 0 Å². The minimum Gasteiger partial charge on any atom is -0.368 e. The lowest BCUT2D eigenvalue weighted by atomic mass is 10.0. The lowest BCUT2D eigenvalue weighted by Crippen LogP contribution is -2.28. The van der Waals surface area contributed by atoms with Gasteiger partial charge in [0.2, 0.25) is 0 Å². The summed E-state index contributed by atoms with van der Waals surface area (Å²) in [6.45, 7) is 1.36. The lowest BCUT2D eigenvalue weighted by molar-refractivity contribution is -0.124. The van der Waals surface area contributed by atoms with Gasteiger partial charge in [0.1, 0.15) is 6.10 Å². The molecular formula is C19H26N2O3. The van der Waals surface area contributed by atoms with Crippen LogP contribution in [0, 0.1) is 5.92 Å². The van der Waals surface area contributed by atoms with Crippen LogP contribution in [0.5, 0.6) is 0 Å². The van der Waals surface area contributed by atoms with Gasteiger partial charge in [-0.3, -0.25) is 9.59 Å². The zero-order valence-corrected chi connectivity index (χ0v) is 14.1. The number of hydrogen-bond donors (Lipinski definition) is 2. The third kappa shape index (κ3) is 4.57. The average molecular weight is 330 g/mol. The first-order chi connectivity index (χ1) is 11.7. The molecule has 0 aromatic heterocycles. The monoisotopic (exact) mass is 330 g/mol. The summed E-state index contributed by atoms with van der Waals surface area (Å²) < 4.78 is 5.38. The van der Waals surface area contributed by atoms with Gasteiger partial charge in [-0.25, -0.2) is 0 Å². The van der Waals surface area contributed by atoms with Crippen LogP contribution in [0.2, 0.25) is 0 Å². The Morgan fingerprint density at radius 3 is 2.71 bits per heavy atom. The number of amides is 2. The Bertz CT molecular complexity index is 576. The van der Waals surface area contributed by atoms with Gasteiger partial charge in [-0.15, -0.1) is 0 Å². The third-order valence-corrected chi connectivity index (χ3v) is 4.93. The number of anilines is 1. The molecule has 0 spiro atoms. The van der Waals surface area contributed by atoms with Crippen molar-refractivity contribution in [3.05, 3.63) is 29.8 Å². The van der Waals surface area contributed by atoms with E-state index in [-0.39, 0.29) is 17.9 Å². The van der Waals surface area contributed by atoms with Crippen LogP contribution in [0.4, 0.5) is 5.69 Å². The highest BCUT2D eigenvalue weighted by Crippen LogP contribution is 2.27. The van der Waals surface area contributed by atoms with Crippen molar-refractivity contribution in [3.8, 4) is 0 Å². The van der Waals surface area contributed by atoms with E-state index >= 15 is 0 Å². The van der Waals surface area contributed by atoms with Crippen LogP contribution in [0.3, 0.4) is 0 Å². The second-order valence-corrected chi connectivity index (χ2v) is 6.77. The molecule has 1 saturated carbocycles. The molecule has 0 radical (unpaired) electrons. The summed E-state index contributed by atoms with van der Waals surface area (Å²) in [5.41, 5.74) is 1.21.